The molecular weight excluding hydrogens is 314 g/mol. The molecular formula is C18H16ClNO3. The number of carbonyl (C=O) groups is 1. The van der Waals surface area contributed by atoms with Gasteiger partial charge in [-0.1, -0.05) is 29.5 Å². The third kappa shape index (κ3) is 4.94. The van der Waals surface area contributed by atoms with Gasteiger partial charge in [-0.2, -0.15) is 0 Å². The van der Waals surface area contributed by atoms with E-state index in [0.29, 0.717) is 22.1 Å². The number of hydrogen-bond acceptors (Lipinski definition) is 3. The predicted molar refractivity (Wildman–Crippen MR) is 90.2 cm³/mol. The fourth-order valence-electron chi connectivity index (χ4n) is 1.88. The smallest absolute Gasteiger partial charge is 0.252 e. The predicted octanol–water partition coefficient (Wildman–Crippen LogP) is 3.14. The van der Waals surface area contributed by atoms with Crippen LogP contribution in [0.1, 0.15) is 15.9 Å². The molecule has 2 rings (SSSR count). The number of nitrogens with one attached hydrogen (secondary N) is 1. The highest BCUT2D eigenvalue weighted by Gasteiger charge is 2.08. The number of benzene rings is 2. The minimum atomic E-state index is -0.248. The van der Waals surface area contributed by atoms with Crippen LogP contribution in [0, 0.1) is 11.8 Å². The molecule has 0 heterocycles. The van der Waals surface area contributed by atoms with E-state index in [9.17, 15) is 4.79 Å². The summed E-state index contributed by atoms with van der Waals surface area (Å²) in [5.41, 5.74) is 1.25. The Morgan fingerprint density at radius 2 is 1.83 bits per heavy atom. The van der Waals surface area contributed by atoms with Gasteiger partial charge in [-0.05, 0) is 30.3 Å². The molecule has 0 fully saturated rings. The summed E-state index contributed by atoms with van der Waals surface area (Å²) in [6, 6.07) is 12.2. The number of halogens is 1. The lowest BCUT2D eigenvalue weighted by Crippen LogP contribution is -2.23. The van der Waals surface area contributed by atoms with Crippen molar-refractivity contribution in [2.75, 3.05) is 20.8 Å². The van der Waals surface area contributed by atoms with Crippen LogP contribution in [0.25, 0.3) is 0 Å². The molecule has 1 N–H and O–H groups in total. The monoisotopic (exact) mass is 329 g/mol. The van der Waals surface area contributed by atoms with Crippen LogP contribution in [0.5, 0.6) is 11.5 Å². The molecule has 0 aliphatic carbocycles. The Morgan fingerprint density at radius 3 is 2.43 bits per heavy atom. The van der Waals surface area contributed by atoms with E-state index in [1.165, 1.54) is 14.2 Å². The van der Waals surface area contributed by atoms with Crippen LogP contribution in [0.4, 0.5) is 0 Å². The summed E-state index contributed by atoms with van der Waals surface area (Å²) in [5, 5.41) is 3.36. The van der Waals surface area contributed by atoms with Crippen LogP contribution in [-0.2, 0) is 0 Å². The van der Waals surface area contributed by atoms with Crippen LogP contribution in [0.15, 0.2) is 42.5 Å². The standard InChI is InChI=1S/C18H16ClNO3/c1-22-16-10-14(11-17(12-16)23-2)18(21)20-8-4-6-13-5-3-7-15(19)9-13/h3,5,7,9-12H,8H2,1-2H3,(H,20,21). The second-order valence-electron chi connectivity index (χ2n) is 4.60. The van der Waals surface area contributed by atoms with Gasteiger partial charge in [-0.25, -0.2) is 0 Å². The van der Waals surface area contributed by atoms with Gasteiger partial charge in [0.05, 0.1) is 20.8 Å². The van der Waals surface area contributed by atoms with Crippen molar-refractivity contribution in [2.24, 2.45) is 0 Å². The Hall–Kier alpha value is -2.64. The van der Waals surface area contributed by atoms with Gasteiger partial charge in [-0.3, -0.25) is 4.79 Å². The first-order valence-electron chi connectivity index (χ1n) is 6.88. The third-order valence-electron chi connectivity index (χ3n) is 3.01. The van der Waals surface area contributed by atoms with Crippen molar-refractivity contribution in [1.82, 2.24) is 5.32 Å². The molecule has 0 atom stereocenters. The van der Waals surface area contributed by atoms with E-state index >= 15 is 0 Å². The van der Waals surface area contributed by atoms with E-state index < -0.39 is 0 Å². The molecule has 4 nitrogen and oxygen atoms in total. The molecule has 0 spiro atoms. The van der Waals surface area contributed by atoms with Gasteiger partial charge in [0.25, 0.3) is 5.91 Å². The fourth-order valence-corrected chi connectivity index (χ4v) is 2.07. The lowest BCUT2D eigenvalue weighted by molar-refractivity contribution is 0.0958. The van der Waals surface area contributed by atoms with Gasteiger partial charge in [-0.15, -0.1) is 0 Å². The maximum absolute atomic E-state index is 12.1. The highest BCUT2D eigenvalue weighted by atomic mass is 35.5. The van der Waals surface area contributed by atoms with Crippen molar-refractivity contribution in [3.05, 3.63) is 58.6 Å². The van der Waals surface area contributed by atoms with Gasteiger partial charge in [0.2, 0.25) is 0 Å². The third-order valence-corrected chi connectivity index (χ3v) is 3.24. The second-order valence-corrected chi connectivity index (χ2v) is 5.03. The zero-order valence-corrected chi connectivity index (χ0v) is 13.6. The number of hydrogen-bond donors (Lipinski definition) is 1. The molecule has 118 valence electrons. The van der Waals surface area contributed by atoms with E-state index in [-0.39, 0.29) is 12.5 Å². The topological polar surface area (TPSA) is 47.6 Å². The first-order chi connectivity index (χ1) is 11.1. The molecule has 1 amide bonds. The Labute approximate surface area is 140 Å². The summed E-state index contributed by atoms with van der Waals surface area (Å²) in [6.07, 6.45) is 0. The number of ether oxygens (including phenoxy) is 2. The highest BCUT2D eigenvalue weighted by molar-refractivity contribution is 6.30. The summed E-state index contributed by atoms with van der Waals surface area (Å²) in [4.78, 5) is 12.1. The van der Waals surface area contributed by atoms with Gasteiger partial charge >= 0.3 is 0 Å². The lowest BCUT2D eigenvalue weighted by Gasteiger charge is -2.07. The molecule has 2 aromatic carbocycles. The number of methoxy groups -OCH3 is 2. The summed E-state index contributed by atoms with van der Waals surface area (Å²) in [6.45, 7) is 0.227. The second kappa shape index (κ2) is 8.11. The lowest BCUT2D eigenvalue weighted by atomic mass is 10.2. The van der Waals surface area contributed by atoms with Gasteiger partial charge < -0.3 is 14.8 Å². The van der Waals surface area contributed by atoms with E-state index in [2.05, 4.69) is 17.2 Å². The van der Waals surface area contributed by atoms with Crippen molar-refractivity contribution >= 4 is 17.5 Å². The SMILES string of the molecule is COc1cc(OC)cc(C(=O)NCC#Cc2cccc(Cl)c2)c1. The molecule has 23 heavy (non-hydrogen) atoms. The Balaban J connectivity index is 2.00. The first-order valence-corrected chi connectivity index (χ1v) is 7.26. The Morgan fingerprint density at radius 1 is 1.13 bits per heavy atom. The first kappa shape index (κ1) is 16.7. The molecule has 0 aliphatic rings. The molecule has 0 saturated carbocycles. The average molecular weight is 330 g/mol. The number of carbonyl (C=O) groups excluding carboxylic acids is 1. The molecule has 0 aromatic heterocycles. The van der Waals surface area contributed by atoms with E-state index in [4.69, 9.17) is 21.1 Å². The van der Waals surface area contributed by atoms with Crippen molar-refractivity contribution in [2.45, 2.75) is 0 Å². The molecule has 0 unspecified atom stereocenters. The zero-order valence-electron chi connectivity index (χ0n) is 12.9. The van der Waals surface area contributed by atoms with Gasteiger partial charge in [0.1, 0.15) is 11.5 Å². The molecule has 0 saturated heterocycles. The van der Waals surface area contributed by atoms with Crippen LogP contribution >= 0.6 is 11.6 Å². The van der Waals surface area contributed by atoms with E-state index in [1.54, 1.807) is 30.3 Å². The molecule has 0 aliphatic heterocycles. The number of rotatable bonds is 4. The summed E-state index contributed by atoms with van der Waals surface area (Å²) in [7, 11) is 3.07. The highest BCUT2D eigenvalue weighted by Crippen LogP contribution is 2.22. The van der Waals surface area contributed by atoms with Crippen LogP contribution in [0.3, 0.4) is 0 Å². The van der Waals surface area contributed by atoms with Crippen LogP contribution in [0.2, 0.25) is 5.02 Å². The van der Waals surface area contributed by atoms with E-state index in [1.807, 2.05) is 12.1 Å². The maximum Gasteiger partial charge on any atom is 0.252 e. The normalized spacial score (nSPS) is 9.52. The quantitative estimate of drug-likeness (QED) is 0.877. The molecule has 2 aromatic rings. The minimum absolute atomic E-state index is 0.227. The molecule has 0 radical (unpaired) electrons. The molecule has 5 heteroatoms. The minimum Gasteiger partial charge on any atom is -0.497 e. The van der Waals surface area contributed by atoms with Crippen LogP contribution < -0.4 is 14.8 Å². The molecule has 0 bridgehead atoms. The Kier molecular flexibility index (Phi) is 5.90. The Bertz CT molecular complexity index is 740. The van der Waals surface area contributed by atoms with Crippen molar-refractivity contribution < 1.29 is 14.3 Å². The summed E-state index contributed by atoms with van der Waals surface area (Å²) < 4.78 is 10.3. The van der Waals surface area contributed by atoms with Crippen molar-refractivity contribution in [1.29, 1.82) is 0 Å². The summed E-state index contributed by atoms with van der Waals surface area (Å²) >= 11 is 5.88. The van der Waals surface area contributed by atoms with Crippen molar-refractivity contribution in [3.63, 3.8) is 0 Å². The number of amides is 1. The zero-order chi connectivity index (χ0) is 16.7. The maximum atomic E-state index is 12.1. The largest absolute Gasteiger partial charge is 0.497 e. The van der Waals surface area contributed by atoms with Crippen LogP contribution in [-0.4, -0.2) is 26.7 Å². The fraction of sp³-hybridized carbons (Fsp3) is 0.167. The van der Waals surface area contributed by atoms with E-state index in [0.717, 1.165) is 5.56 Å². The average Bonchev–Trinajstić information content (AvgIpc) is 2.58. The van der Waals surface area contributed by atoms with Crippen molar-refractivity contribution in [3.8, 4) is 23.3 Å². The van der Waals surface area contributed by atoms with Gasteiger partial charge in [0.15, 0.2) is 0 Å². The van der Waals surface area contributed by atoms with Gasteiger partial charge in [0, 0.05) is 22.2 Å². The summed E-state index contributed by atoms with van der Waals surface area (Å²) in [5.74, 6) is 6.69.